The van der Waals surface area contributed by atoms with Gasteiger partial charge in [0, 0.05) is 50.1 Å². The van der Waals surface area contributed by atoms with Crippen molar-refractivity contribution in [1.82, 2.24) is 29.4 Å². The first-order valence-corrected chi connectivity index (χ1v) is 12.7. The molecule has 1 unspecified atom stereocenters. The SMILES string of the molecule is CC.COc1cc2nc(N)n3nc(C(C)CCCN(C)c4cnn(CCCC(C)=O)c4)nc3c2cc1F. The lowest BCUT2D eigenvalue weighted by molar-refractivity contribution is -0.117. The van der Waals surface area contributed by atoms with E-state index in [4.69, 9.17) is 10.5 Å². The lowest BCUT2D eigenvalue weighted by atomic mass is 10.1. The first kappa shape index (κ1) is 27.8. The number of carbonyl (C=O) groups is 1. The lowest BCUT2D eigenvalue weighted by Gasteiger charge is -2.17. The summed E-state index contributed by atoms with van der Waals surface area (Å²) < 4.78 is 22.7. The van der Waals surface area contributed by atoms with Crippen LogP contribution in [0.2, 0.25) is 0 Å². The van der Waals surface area contributed by atoms with Gasteiger partial charge >= 0.3 is 0 Å². The fourth-order valence-electron chi connectivity index (χ4n) is 4.07. The van der Waals surface area contributed by atoms with Gasteiger partial charge in [-0.15, -0.1) is 5.10 Å². The highest BCUT2D eigenvalue weighted by molar-refractivity contribution is 5.93. The summed E-state index contributed by atoms with van der Waals surface area (Å²) in [6, 6.07) is 2.87. The molecule has 200 valence electrons. The molecule has 3 heterocycles. The average Bonchev–Trinajstić information content (AvgIpc) is 3.54. The highest BCUT2D eigenvalue weighted by Gasteiger charge is 2.18. The zero-order valence-electron chi connectivity index (χ0n) is 22.5. The summed E-state index contributed by atoms with van der Waals surface area (Å²) in [5.41, 5.74) is 8.12. The number of hydrogen-bond donors (Lipinski definition) is 1. The van der Waals surface area contributed by atoms with Crippen LogP contribution in [-0.2, 0) is 11.3 Å². The van der Waals surface area contributed by atoms with Crippen LogP contribution >= 0.6 is 0 Å². The number of aryl methyl sites for hydroxylation is 1. The van der Waals surface area contributed by atoms with Gasteiger partial charge in [0.25, 0.3) is 0 Å². The second-order valence-electron chi connectivity index (χ2n) is 8.91. The third-order valence-electron chi connectivity index (χ3n) is 6.13. The number of ketones is 1. The number of ether oxygens (including phenoxy) is 1. The maximum atomic E-state index is 14.3. The van der Waals surface area contributed by atoms with Crippen LogP contribution in [0.1, 0.15) is 65.1 Å². The standard InChI is InChI=1S/C24H31FN8O2.C2H6/c1-15(7-5-9-31(3)17-13-27-32(14-17)10-6-8-16(2)34)22-29-23-18-11-19(25)21(35-4)12-20(18)28-24(26)33(23)30-22;1-2/h11-15H,5-10H2,1-4H3,(H2,26,28);1-2H3. The maximum Gasteiger partial charge on any atom is 0.223 e. The zero-order chi connectivity index (χ0) is 27.1. The topological polar surface area (TPSA) is 116 Å². The minimum Gasteiger partial charge on any atom is -0.494 e. The number of benzene rings is 1. The lowest BCUT2D eigenvalue weighted by Crippen LogP contribution is -2.18. The third kappa shape index (κ3) is 6.52. The molecule has 3 aromatic heterocycles. The Kier molecular flexibility index (Phi) is 9.37. The van der Waals surface area contributed by atoms with E-state index in [1.165, 1.54) is 23.8 Å². The van der Waals surface area contributed by atoms with E-state index in [1.54, 1.807) is 6.92 Å². The summed E-state index contributed by atoms with van der Waals surface area (Å²) in [4.78, 5) is 22.3. The summed E-state index contributed by atoms with van der Waals surface area (Å²) in [5, 5.41) is 9.47. The van der Waals surface area contributed by atoms with E-state index in [1.807, 2.05) is 38.0 Å². The van der Waals surface area contributed by atoms with Gasteiger partial charge in [-0.1, -0.05) is 20.8 Å². The van der Waals surface area contributed by atoms with Crippen molar-refractivity contribution in [1.29, 1.82) is 0 Å². The molecule has 10 nitrogen and oxygen atoms in total. The Morgan fingerprint density at radius 3 is 2.70 bits per heavy atom. The van der Waals surface area contributed by atoms with Crippen molar-refractivity contribution in [2.45, 2.75) is 65.8 Å². The van der Waals surface area contributed by atoms with E-state index >= 15 is 0 Å². The Morgan fingerprint density at radius 2 is 2.00 bits per heavy atom. The van der Waals surface area contributed by atoms with E-state index in [2.05, 4.69) is 32.0 Å². The molecule has 0 spiro atoms. The fourth-order valence-corrected chi connectivity index (χ4v) is 4.07. The molecule has 1 aromatic carbocycles. The number of carbonyl (C=O) groups excluding carboxylic acids is 1. The number of Topliss-reactive ketones (excluding diaryl/α,β-unsaturated/α-hetero) is 1. The van der Waals surface area contributed by atoms with Gasteiger partial charge in [0.15, 0.2) is 23.0 Å². The van der Waals surface area contributed by atoms with Crippen molar-refractivity contribution in [2.75, 3.05) is 31.3 Å². The van der Waals surface area contributed by atoms with Crippen molar-refractivity contribution in [3.05, 3.63) is 36.2 Å². The molecule has 0 fully saturated rings. The van der Waals surface area contributed by atoms with Crippen molar-refractivity contribution in [3.63, 3.8) is 0 Å². The Hall–Kier alpha value is -3.76. The first-order valence-electron chi connectivity index (χ1n) is 12.7. The van der Waals surface area contributed by atoms with Gasteiger partial charge in [-0.05, 0) is 32.3 Å². The summed E-state index contributed by atoms with van der Waals surface area (Å²) in [6.45, 7) is 9.25. The second kappa shape index (κ2) is 12.5. The van der Waals surface area contributed by atoms with Gasteiger partial charge in [0.05, 0.1) is 24.5 Å². The van der Waals surface area contributed by atoms with Crippen LogP contribution in [0.25, 0.3) is 16.6 Å². The van der Waals surface area contributed by atoms with Crippen LogP contribution in [-0.4, -0.2) is 55.8 Å². The monoisotopic (exact) mass is 512 g/mol. The molecule has 4 aromatic rings. The number of nitrogens with zero attached hydrogens (tertiary/aromatic N) is 7. The summed E-state index contributed by atoms with van der Waals surface area (Å²) in [6.07, 6.45) is 6.99. The van der Waals surface area contributed by atoms with E-state index in [-0.39, 0.29) is 23.4 Å². The van der Waals surface area contributed by atoms with Crippen molar-refractivity contribution in [3.8, 4) is 5.75 Å². The van der Waals surface area contributed by atoms with Crippen LogP contribution in [0, 0.1) is 5.82 Å². The Balaban J connectivity index is 0.00000186. The smallest absolute Gasteiger partial charge is 0.223 e. The normalized spacial score (nSPS) is 11.9. The minimum atomic E-state index is -0.490. The van der Waals surface area contributed by atoms with Crippen LogP contribution in [0.3, 0.4) is 0 Å². The van der Waals surface area contributed by atoms with Crippen LogP contribution < -0.4 is 15.4 Å². The van der Waals surface area contributed by atoms with Gasteiger partial charge in [-0.2, -0.15) is 9.61 Å². The van der Waals surface area contributed by atoms with Gasteiger partial charge in [0.1, 0.15) is 5.78 Å². The van der Waals surface area contributed by atoms with Gasteiger partial charge in [-0.3, -0.25) is 4.68 Å². The van der Waals surface area contributed by atoms with Crippen molar-refractivity contribution >= 4 is 34.0 Å². The first-order chi connectivity index (χ1) is 17.8. The molecule has 0 aliphatic rings. The van der Waals surface area contributed by atoms with Crippen molar-refractivity contribution < 1.29 is 13.9 Å². The average molecular weight is 513 g/mol. The molecule has 0 aliphatic carbocycles. The zero-order valence-corrected chi connectivity index (χ0v) is 22.5. The molecule has 0 amide bonds. The maximum absolute atomic E-state index is 14.3. The van der Waals surface area contributed by atoms with E-state index in [9.17, 15) is 9.18 Å². The largest absolute Gasteiger partial charge is 0.494 e. The number of methoxy groups -OCH3 is 1. The molecule has 2 N–H and O–H groups in total. The predicted molar refractivity (Wildman–Crippen MR) is 144 cm³/mol. The summed E-state index contributed by atoms with van der Waals surface area (Å²) >= 11 is 0. The Morgan fingerprint density at radius 1 is 1.24 bits per heavy atom. The van der Waals surface area contributed by atoms with Crippen LogP contribution in [0.15, 0.2) is 24.5 Å². The van der Waals surface area contributed by atoms with Gasteiger partial charge in [0.2, 0.25) is 5.95 Å². The molecular weight excluding hydrogens is 475 g/mol. The number of rotatable bonds is 11. The molecule has 0 radical (unpaired) electrons. The number of anilines is 2. The molecule has 0 saturated heterocycles. The number of fused-ring (bicyclic) bond motifs is 3. The number of aromatic nitrogens is 6. The Labute approximate surface area is 216 Å². The van der Waals surface area contributed by atoms with Crippen LogP contribution in [0.4, 0.5) is 16.0 Å². The quantitative estimate of drug-likeness (QED) is 0.309. The van der Waals surface area contributed by atoms with Crippen molar-refractivity contribution in [2.24, 2.45) is 0 Å². The number of hydrogen-bond acceptors (Lipinski definition) is 8. The van der Waals surface area contributed by atoms with Gasteiger partial charge < -0.3 is 20.2 Å². The predicted octanol–water partition coefficient (Wildman–Crippen LogP) is 4.62. The highest BCUT2D eigenvalue weighted by atomic mass is 19.1. The molecular formula is C26H37FN8O2. The Bertz CT molecular complexity index is 1350. The molecule has 0 aliphatic heterocycles. The third-order valence-corrected chi connectivity index (χ3v) is 6.13. The number of nitrogens with two attached hydrogens (primary N) is 1. The van der Waals surface area contributed by atoms with E-state index < -0.39 is 5.82 Å². The number of nitrogen functional groups attached to an aromatic ring is 1. The number of halogens is 1. The second-order valence-corrected chi connectivity index (χ2v) is 8.91. The minimum absolute atomic E-state index is 0.0788. The van der Waals surface area contributed by atoms with Crippen LogP contribution in [0.5, 0.6) is 5.75 Å². The van der Waals surface area contributed by atoms with E-state index in [0.29, 0.717) is 28.8 Å². The molecule has 37 heavy (non-hydrogen) atoms. The highest BCUT2D eigenvalue weighted by Crippen LogP contribution is 2.28. The molecule has 1 atom stereocenters. The molecule has 0 saturated carbocycles. The fraction of sp³-hybridized carbons (Fsp3) is 0.500. The molecule has 11 heteroatoms. The summed E-state index contributed by atoms with van der Waals surface area (Å²) in [7, 11) is 3.44. The molecule has 0 bridgehead atoms. The van der Waals surface area contributed by atoms with Gasteiger partial charge in [-0.25, -0.2) is 14.4 Å². The van der Waals surface area contributed by atoms with E-state index in [0.717, 1.165) is 38.0 Å². The summed E-state index contributed by atoms with van der Waals surface area (Å²) in [5.74, 6) is 0.720. The molecule has 4 rings (SSSR count).